The number of amides is 2. The van der Waals surface area contributed by atoms with Crippen molar-refractivity contribution in [2.45, 2.75) is 12.8 Å². The number of rotatable bonds is 7. The fraction of sp³-hybridized carbons (Fsp3) is 0.667. The maximum Gasteiger partial charge on any atom is 0.234 e. The first-order valence-electron chi connectivity index (χ1n) is 4.60. The lowest BCUT2D eigenvalue weighted by Gasteiger charge is -2.04. The zero-order chi connectivity index (χ0) is 11.5. The van der Waals surface area contributed by atoms with Crippen LogP contribution in [-0.4, -0.2) is 38.6 Å². The second-order valence-electron chi connectivity index (χ2n) is 2.78. The van der Waals surface area contributed by atoms with E-state index in [1.807, 2.05) is 0 Å². The topological polar surface area (TPSA) is 91.2 Å². The molecule has 0 heterocycles. The molecule has 2 N–H and O–H groups in total. The summed E-state index contributed by atoms with van der Waals surface area (Å²) in [6.07, 6.45) is 0.0339. The van der Waals surface area contributed by atoms with Gasteiger partial charge >= 0.3 is 0 Å². The van der Waals surface area contributed by atoms with Gasteiger partial charge < -0.3 is 15.4 Å². The van der Waals surface area contributed by atoms with Gasteiger partial charge in [0.1, 0.15) is 6.42 Å². The van der Waals surface area contributed by atoms with Crippen molar-refractivity contribution in [3.8, 4) is 6.07 Å². The monoisotopic (exact) mass is 213 g/mol. The Labute approximate surface area is 88.6 Å². The van der Waals surface area contributed by atoms with Gasteiger partial charge in [-0.15, -0.1) is 0 Å². The molecule has 84 valence electrons. The molecule has 0 unspecified atom stereocenters. The number of carbonyl (C=O) groups excluding carboxylic acids is 2. The van der Waals surface area contributed by atoms with Crippen LogP contribution in [0, 0.1) is 11.3 Å². The smallest absolute Gasteiger partial charge is 0.234 e. The average Bonchev–Trinajstić information content (AvgIpc) is 2.18. The third-order valence-electron chi connectivity index (χ3n) is 1.54. The lowest BCUT2D eigenvalue weighted by atomic mass is 10.3. The van der Waals surface area contributed by atoms with E-state index in [2.05, 4.69) is 10.6 Å². The Hall–Kier alpha value is -1.61. The number of carbonyl (C=O) groups is 2. The standard InChI is InChI=1S/C9H15N3O3/c1-15-7-6-12-9(14)3-5-11-8(13)2-4-10/h2-3,5-7H2,1H3,(H,11,13)(H,12,14). The van der Waals surface area contributed by atoms with Gasteiger partial charge in [-0.05, 0) is 0 Å². The van der Waals surface area contributed by atoms with Crippen LogP contribution in [0.5, 0.6) is 0 Å². The lowest BCUT2D eigenvalue weighted by Crippen LogP contribution is -2.32. The van der Waals surface area contributed by atoms with Gasteiger partial charge in [-0.3, -0.25) is 9.59 Å². The van der Waals surface area contributed by atoms with E-state index in [-0.39, 0.29) is 31.2 Å². The Morgan fingerprint density at radius 2 is 1.93 bits per heavy atom. The zero-order valence-corrected chi connectivity index (χ0v) is 8.71. The molecule has 0 saturated heterocycles. The minimum atomic E-state index is -0.359. The van der Waals surface area contributed by atoms with E-state index in [0.717, 1.165) is 0 Å². The van der Waals surface area contributed by atoms with Crippen LogP contribution in [-0.2, 0) is 14.3 Å². The summed E-state index contributed by atoms with van der Waals surface area (Å²) in [6.45, 7) is 1.17. The van der Waals surface area contributed by atoms with E-state index in [9.17, 15) is 9.59 Å². The maximum atomic E-state index is 11.1. The highest BCUT2D eigenvalue weighted by Crippen LogP contribution is 1.80. The second kappa shape index (κ2) is 8.97. The van der Waals surface area contributed by atoms with Crippen LogP contribution < -0.4 is 10.6 Å². The van der Waals surface area contributed by atoms with Crippen molar-refractivity contribution in [3.63, 3.8) is 0 Å². The van der Waals surface area contributed by atoms with Crippen molar-refractivity contribution in [3.05, 3.63) is 0 Å². The molecule has 2 amide bonds. The molecule has 15 heavy (non-hydrogen) atoms. The third kappa shape index (κ3) is 8.71. The van der Waals surface area contributed by atoms with Gasteiger partial charge in [0, 0.05) is 26.6 Å². The first-order valence-corrected chi connectivity index (χ1v) is 4.60. The Bertz CT molecular complexity index is 247. The van der Waals surface area contributed by atoms with Gasteiger partial charge in [-0.1, -0.05) is 0 Å². The second-order valence-corrected chi connectivity index (χ2v) is 2.78. The molecule has 0 aromatic heterocycles. The molecule has 0 bridgehead atoms. The number of nitrogens with zero attached hydrogens (tertiary/aromatic N) is 1. The summed E-state index contributed by atoms with van der Waals surface area (Å²) < 4.78 is 4.75. The normalized spacial score (nSPS) is 9.07. The van der Waals surface area contributed by atoms with Crippen molar-refractivity contribution in [2.75, 3.05) is 26.8 Å². The van der Waals surface area contributed by atoms with Crippen LogP contribution in [0.25, 0.3) is 0 Å². The number of nitrogens with one attached hydrogen (secondary N) is 2. The highest BCUT2D eigenvalue weighted by molar-refractivity contribution is 5.80. The minimum absolute atomic E-state index is 0.149. The van der Waals surface area contributed by atoms with Crippen LogP contribution in [0.15, 0.2) is 0 Å². The van der Waals surface area contributed by atoms with E-state index in [4.69, 9.17) is 10.00 Å². The molecule has 0 aromatic carbocycles. The molecular weight excluding hydrogens is 198 g/mol. The first kappa shape index (κ1) is 13.4. The molecule has 0 saturated carbocycles. The largest absolute Gasteiger partial charge is 0.383 e. The van der Waals surface area contributed by atoms with Crippen LogP contribution in [0.4, 0.5) is 0 Å². The summed E-state index contributed by atoms with van der Waals surface area (Å²) in [6, 6.07) is 1.72. The molecule has 0 aliphatic rings. The predicted octanol–water partition coefficient (Wildman–Crippen LogP) is -0.831. The molecule has 6 heteroatoms. The number of nitriles is 1. The molecule has 0 aliphatic heterocycles. The summed E-state index contributed by atoms with van der Waals surface area (Å²) in [5.74, 6) is -0.508. The average molecular weight is 213 g/mol. The van der Waals surface area contributed by atoms with Crippen LogP contribution >= 0.6 is 0 Å². The highest BCUT2D eigenvalue weighted by atomic mass is 16.5. The molecule has 0 rings (SSSR count). The SMILES string of the molecule is COCCNC(=O)CCNC(=O)CC#N. The van der Waals surface area contributed by atoms with E-state index < -0.39 is 0 Å². The van der Waals surface area contributed by atoms with Gasteiger partial charge in [-0.25, -0.2) is 0 Å². The zero-order valence-electron chi connectivity index (χ0n) is 8.71. The maximum absolute atomic E-state index is 11.1. The fourth-order valence-corrected chi connectivity index (χ4v) is 0.831. The Balaban J connectivity index is 3.39. The van der Waals surface area contributed by atoms with Gasteiger partial charge in [0.2, 0.25) is 11.8 Å². The Kier molecular flexibility index (Phi) is 8.00. The number of methoxy groups -OCH3 is 1. The van der Waals surface area contributed by atoms with Gasteiger partial charge in [0.05, 0.1) is 12.7 Å². The molecule has 0 aromatic rings. The van der Waals surface area contributed by atoms with Gasteiger partial charge in [0.25, 0.3) is 0 Å². The number of hydrogen-bond acceptors (Lipinski definition) is 4. The van der Waals surface area contributed by atoms with Gasteiger partial charge in [0.15, 0.2) is 0 Å². The lowest BCUT2D eigenvalue weighted by molar-refractivity contribution is -0.122. The molecule has 0 radical (unpaired) electrons. The Morgan fingerprint density at radius 3 is 2.53 bits per heavy atom. The summed E-state index contributed by atoms with van der Waals surface area (Å²) in [5.41, 5.74) is 0. The van der Waals surface area contributed by atoms with E-state index in [1.54, 1.807) is 13.2 Å². The molecule has 0 atom stereocenters. The van der Waals surface area contributed by atoms with Crippen LogP contribution in [0.3, 0.4) is 0 Å². The summed E-state index contributed by atoms with van der Waals surface area (Å²) in [7, 11) is 1.55. The molecular formula is C9H15N3O3. The number of hydrogen-bond donors (Lipinski definition) is 2. The van der Waals surface area contributed by atoms with E-state index in [1.165, 1.54) is 0 Å². The Morgan fingerprint density at radius 1 is 1.27 bits per heavy atom. The van der Waals surface area contributed by atoms with E-state index >= 15 is 0 Å². The molecule has 0 fully saturated rings. The quantitative estimate of drug-likeness (QED) is 0.540. The van der Waals surface area contributed by atoms with Crippen molar-refractivity contribution in [2.24, 2.45) is 0 Å². The van der Waals surface area contributed by atoms with Crippen molar-refractivity contribution in [1.82, 2.24) is 10.6 Å². The molecule has 0 aliphatic carbocycles. The third-order valence-corrected chi connectivity index (χ3v) is 1.54. The molecule has 6 nitrogen and oxygen atoms in total. The van der Waals surface area contributed by atoms with Crippen LogP contribution in [0.1, 0.15) is 12.8 Å². The molecule has 0 spiro atoms. The van der Waals surface area contributed by atoms with Gasteiger partial charge in [-0.2, -0.15) is 5.26 Å². The summed E-state index contributed by atoms with van der Waals surface area (Å²) >= 11 is 0. The fourth-order valence-electron chi connectivity index (χ4n) is 0.831. The predicted molar refractivity (Wildman–Crippen MR) is 52.7 cm³/mol. The van der Waals surface area contributed by atoms with Crippen molar-refractivity contribution in [1.29, 1.82) is 5.26 Å². The van der Waals surface area contributed by atoms with E-state index in [0.29, 0.717) is 13.2 Å². The van der Waals surface area contributed by atoms with Crippen molar-refractivity contribution >= 4 is 11.8 Å². The number of ether oxygens (including phenoxy) is 1. The summed E-state index contributed by atoms with van der Waals surface area (Å²) in [5, 5.41) is 13.2. The summed E-state index contributed by atoms with van der Waals surface area (Å²) in [4.78, 5) is 21.9. The highest BCUT2D eigenvalue weighted by Gasteiger charge is 2.02. The first-order chi connectivity index (χ1) is 7.20. The minimum Gasteiger partial charge on any atom is -0.383 e. The van der Waals surface area contributed by atoms with Crippen molar-refractivity contribution < 1.29 is 14.3 Å². The van der Waals surface area contributed by atoms with Crippen LogP contribution in [0.2, 0.25) is 0 Å².